The van der Waals surface area contributed by atoms with Gasteiger partial charge in [0.05, 0.1) is 32.5 Å². The fourth-order valence-electron chi connectivity index (χ4n) is 3.97. The van der Waals surface area contributed by atoms with Gasteiger partial charge < -0.3 is 24.4 Å². The van der Waals surface area contributed by atoms with Gasteiger partial charge in [0.15, 0.2) is 11.5 Å². The predicted octanol–water partition coefficient (Wildman–Crippen LogP) is 3.44. The van der Waals surface area contributed by atoms with Crippen LogP contribution in [0.3, 0.4) is 0 Å². The molecule has 0 radical (unpaired) electrons. The van der Waals surface area contributed by atoms with Crippen molar-refractivity contribution in [1.82, 2.24) is 10.8 Å². The van der Waals surface area contributed by atoms with E-state index in [0.717, 1.165) is 24.8 Å². The third-order valence-electron chi connectivity index (χ3n) is 5.92. The SMILES string of the molecule is COc1ccc(CNC(=O)c2cc(F)ccc2N2CCOCC2)cc1OCCCCCCC(=O)NO. The lowest BCUT2D eigenvalue weighted by Crippen LogP contribution is -2.38. The van der Waals surface area contributed by atoms with Gasteiger partial charge in [0.25, 0.3) is 5.91 Å². The van der Waals surface area contributed by atoms with Crippen molar-refractivity contribution in [1.29, 1.82) is 0 Å². The molecular weight excluding hydrogens is 469 g/mol. The molecule has 3 rings (SSSR count). The summed E-state index contributed by atoms with van der Waals surface area (Å²) in [5, 5.41) is 11.4. The molecule has 0 unspecified atom stereocenters. The van der Waals surface area contributed by atoms with Crippen LogP contribution in [0.15, 0.2) is 36.4 Å². The number of hydrogen-bond acceptors (Lipinski definition) is 7. The van der Waals surface area contributed by atoms with Crippen molar-refractivity contribution < 1.29 is 33.4 Å². The van der Waals surface area contributed by atoms with Crippen LogP contribution in [-0.2, 0) is 16.1 Å². The van der Waals surface area contributed by atoms with E-state index in [1.807, 2.05) is 17.0 Å². The van der Waals surface area contributed by atoms with E-state index >= 15 is 0 Å². The average molecular weight is 504 g/mol. The highest BCUT2D eigenvalue weighted by Crippen LogP contribution is 2.29. The Morgan fingerprint density at radius 1 is 1.06 bits per heavy atom. The number of benzene rings is 2. The maximum Gasteiger partial charge on any atom is 0.253 e. The summed E-state index contributed by atoms with van der Waals surface area (Å²) in [5.74, 6) is -0.0409. The normalized spacial score (nSPS) is 13.2. The number of methoxy groups -OCH3 is 1. The molecule has 2 amide bonds. The first-order chi connectivity index (χ1) is 17.5. The summed E-state index contributed by atoms with van der Waals surface area (Å²) in [6.07, 6.45) is 3.53. The lowest BCUT2D eigenvalue weighted by Gasteiger charge is -2.30. The first-order valence-corrected chi connectivity index (χ1v) is 12.1. The molecule has 0 bridgehead atoms. The summed E-state index contributed by atoms with van der Waals surface area (Å²) in [6, 6.07) is 9.70. The lowest BCUT2D eigenvalue weighted by molar-refractivity contribution is -0.129. The van der Waals surface area contributed by atoms with E-state index in [2.05, 4.69) is 5.32 Å². The molecule has 10 heteroatoms. The Balaban J connectivity index is 1.54. The van der Waals surface area contributed by atoms with Crippen LogP contribution in [0, 0.1) is 5.82 Å². The van der Waals surface area contributed by atoms with E-state index in [1.165, 1.54) is 12.1 Å². The number of halogens is 1. The van der Waals surface area contributed by atoms with E-state index in [4.69, 9.17) is 19.4 Å². The second kappa shape index (κ2) is 14.3. The van der Waals surface area contributed by atoms with Gasteiger partial charge in [-0.2, -0.15) is 0 Å². The molecule has 1 fully saturated rings. The lowest BCUT2D eigenvalue weighted by atomic mass is 10.1. The smallest absolute Gasteiger partial charge is 0.253 e. The van der Waals surface area contributed by atoms with Gasteiger partial charge in [-0.25, -0.2) is 9.87 Å². The standard InChI is InChI=1S/C26H34FN3O6/c1-34-23-10-7-19(16-24(23)36-13-5-3-2-4-6-25(31)29-33)18-28-26(32)21-17-20(27)8-9-22(21)30-11-14-35-15-12-30/h7-10,16-17,33H,2-6,11-15,18H2,1H3,(H,28,32)(H,29,31). The van der Waals surface area contributed by atoms with Crippen molar-refractivity contribution in [2.75, 3.05) is 44.9 Å². The van der Waals surface area contributed by atoms with Crippen LogP contribution in [0.2, 0.25) is 0 Å². The van der Waals surface area contributed by atoms with Crippen LogP contribution in [0.25, 0.3) is 0 Å². The number of carbonyl (C=O) groups excluding carboxylic acids is 2. The Bertz CT molecular complexity index is 1010. The second-order valence-electron chi connectivity index (χ2n) is 8.48. The third-order valence-corrected chi connectivity index (χ3v) is 5.92. The van der Waals surface area contributed by atoms with Gasteiger partial charge in [0.2, 0.25) is 5.91 Å². The molecule has 0 spiro atoms. The Morgan fingerprint density at radius 3 is 2.58 bits per heavy atom. The van der Waals surface area contributed by atoms with Crippen molar-refractivity contribution in [3.8, 4) is 11.5 Å². The fraction of sp³-hybridized carbons (Fsp3) is 0.462. The van der Waals surface area contributed by atoms with Crippen LogP contribution in [-0.4, -0.2) is 57.0 Å². The molecule has 3 N–H and O–H groups in total. The number of unbranched alkanes of at least 4 members (excludes halogenated alkanes) is 3. The quantitative estimate of drug-likeness (QED) is 0.218. The van der Waals surface area contributed by atoms with Gasteiger partial charge in [0, 0.05) is 31.7 Å². The molecular formula is C26H34FN3O6. The van der Waals surface area contributed by atoms with Crippen molar-refractivity contribution in [3.05, 3.63) is 53.3 Å². The van der Waals surface area contributed by atoms with E-state index in [-0.39, 0.29) is 18.4 Å². The number of nitrogens with one attached hydrogen (secondary N) is 2. The summed E-state index contributed by atoms with van der Waals surface area (Å²) in [7, 11) is 1.56. The molecule has 0 aromatic heterocycles. The van der Waals surface area contributed by atoms with E-state index in [1.54, 1.807) is 24.7 Å². The zero-order chi connectivity index (χ0) is 25.8. The Morgan fingerprint density at radius 2 is 1.83 bits per heavy atom. The maximum atomic E-state index is 14.0. The summed E-state index contributed by atoms with van der Waals surface area (Å²) in [6.45, 7) is 3.13. The molecule has 2 aromatic rings. The zero-order valence-corrected chi connectivity index (χ0v) is 20.6. The molecule has 196 valence electrons. The summed E-state index contributed by atoms with van der Waals surface area (Å²) < 4.78 is 30.6. The minimum atomic E-state index is -0.464. The summed E-state index contributed by atoms with van der Waals surface area (Å²) in [5.41, 5.74) is 3.42. The summed E-state index contributed by atoms with van der Waals surface area (Å²) in [4.78, 5) is 26.0. The van der Waals surface area contributed by atoms with Gasteiger partial charge in [0.1, 0.15) is 5.82 Å². The molecule has 1 saturated heterocycles. The van der Waals surface area contributed by atoms with E-state index in [0.29, 0.717) is 68.5 Å². The molecule has 1 aliphatic rings. The average Bonchev–Trinajstić information content (AvgIpc) is 2.91. The number of hydrogen-bond donors (Lipinski definition) is 3. The number of rotatable bonds is 13. The Kier molecular flexibility index (Phi) is 10.8. The van der Waals surface area contributed by atoms with Crippen molar-refractivity contribution in [2.24, 2.45) is 0 Å². The number of carbonyl (C=O) groups is 2. The highest BCUT2D eigenvalue weighted by atomic mass is 19.1. The summed E-state index contributed by atoms with van der Waals surface area (Å²) >= 11 is 0. The van der Waals surface area contributed by atoms with Gasteiger partial charge in [-0.3, -0.25) is 14.8 Å². The van der Waals surface area contributed by atoms with Crippen molar-refractivity contribution in [3.63, 3.8) is 0 Å². The van der Waals surface area contributed by atoms with Crippen LogP contribution < -0.4 is 25.2 Å². The number of hydroxylamine groups is 1. The van der Waals surface area contributed by atoms with Gasteiger partial charge in [-0.1, -0.05) is 18.9 Å². The highest BCUT2D eigenvalue weighted by molar-refractivity contribution is 5.99. The van der Waals surface area contributed by atoms with Crippen LogP contribution >= 0.6 is 0 Å². The topological polar surface area (TPSA) is 109 Å². The number of anilines is 1. The zero-order valence-electron chi connectivity index (χ0n) is 20.6. The molecule has 0 aliphatic carbocycles. The molecule has 2 aromatic carbocycles. The first-order valence-electron chi connectivity index (χ1n) is 12.1. The molecule has 0 atom stereocenters. The Hall–Kier alpha value is -3.37. The van der Waals surface area contributed by atoms with Crippen LogP contribution in [0.1, 0.15) is 48.0 Å². The van der Waals surface area contributed by atoms with Crippen LogP contribution in [0.5, 0.6) is 11.5 Å². The molecule has 0 saturated carbocycles. The van der Waals surface area contributed by atoms with Gasteiger partial charge in [-0.15, -0.1) is 0 Å². The minimum Gasteiger partial charge on any atom is -0.493 e. The monoisotopic (exact) mass is 503 g/mol. The number of nitrogens with zero attached hydrogens (tertiary/aromatic N) is 1. The van der Waals surface area contributed by atoms with Crippen molar-refractivity contribution in [2.45, 2.75) is 38.6 Å². The largest absolute Gasteiger partial charge is 0.493 e. The van der Waals surface area contributed by atoms with E-state index < -0.39 is 5.82 Å². The molecule has 36 heavy (non-hydrogen) atoms. The van der Waals surface area contributed by atoms with Gasteiger partial charge in [-0.05, 0) is 48.7 Å². The Labute approximate surface area is 210 Å². The highest BCUT2D eigenvalue weighted by Gasteiger charge is 2.19. The van der Waals surface area contributed by atoms with Crippen molar-refractivity contribution >= 4 is 17.5 Å². The van der Waals surface area contributed by atoms with E-state index in [9.17, 15) is 14.0 Å². The fourth-order valence-corrected chi connectivity index (χ4v) is 3.97. The van der Waals surface area contributed by atoms with Crippen LogP contribution in [0.4, 0.5) is 10.1 Å². The maximum absolute atomic E-state index is 14.0. The molecule has 1 aliphatic heterocycles. The number of morpholine rings is 1. The number of ether oxygens (including phenoxy) is 3. The minimum absolute atomic E-state index is 0.241. The van der Waals surface area contributed by atoms with Gasteiger partial charge >= 0.3 is 0 Å². The predicted molar refractivity (Wildman–Crippen MR) is 132 cm³/mol. The molecule has 9 nitrogen and oxygen atoms in total. The number of amides is 2. The second-order valence-corrected chi connectivity index (χ2v) is 8.48. The molecule has 1 heterocycles. The first kappa shape index (κ1) is 27.2. The third kappa shape index (κ3) is 8.10.